The summed E-state index contributed by atoms with van der Waals surface area (Å²) in [5.74, 6) is -0.218. The van der Waals surface area contributed by atoms with Crippen LogP contribution in [0.25, 0.3) is 5.65 Å². The van der Waals surface area contributed by atoms with E-state index in [-0.39, 0.29) is 18.1 Å². The van der Waals surface area contributed by atoms with Gasteiger partial charge >= 0.3 is 5.69 Å². The standard InChI is InChI=1S/C17H15N5O2/c1-20(11-14-7-5-13(10-18)6-8-14)16(23)12-22-17(24)21-9-3-2-4-15(21)19-22/h2-9H,11-12H2,1H3. The number of hydrogen-bond acceptors (Lipinski definition) is 4. The van der Waals surface area contributed by atoms with Crippen molar-refractivity contribution >= 4 is 11.6 Å². The summed E-state index contributed by atoms with van der Waals surface area (Å²) in [5.41, 5.74) is 1.65. The van der Waals surface area contributed by atoms with E-state index in [9.17, 15) is 9.59 Å². The van der Waals surface area contributed by atoms with Crippen LogP contribution in [-0.2, 0) is 17.9 Å². The predicted molar refractivity (Wildman–Crippen MR) is 87.1 cm³/mol. The molecule has 2 aromatic heterocycles. The SMILES string of the molecule is CN(Cc1ccc(C#N)cc1)C(=O)Cn1nc2ccccn2c1=O. The smallest absolute Gasteiger partial charge is 0.340 e. The highest BCUT2D eigenvalue weighted by Gasteiger charge is 2.14. The Bertz CT molecular complexity index is 979. The van der Waals surface area contributed by atoms with Gasteiger partial charge in [-0.2, -0.15) is 5.26 Å². The molecule has 2 heterocycles. The fourth-order valence-electron chi connectivity index (χ4n) is 2.37. The third-order valence-electron chi connectivity index (χ3n) is 3.70. The normalized spacial score (nSPS) is 10.5. The molecular weight excluding hydrogens is 306 g/mol. The number of pyridine rings is 1. The quantitative estimate of drug-likeness (QED) is 0.718. The van der Waals surface area contributed by atoms with Crippen molar-refractivity contribution in [3.8, 4) is 6.07 Å². The summed E-state index contributed by atoms with van der Waals surface area (Å²) in [4.78, 5) is 26.0. The molecule has 7 nitrogen and oxygen atoms in total. The average Bonchev–Trinajstić information content (AvgIpc) is 2.92. The van der Waals surface area contributed by atoms with E-state index in [2.05, 4.69) is 11.2 Å². The third kappa shape index (κ3) is 3.03. The van der Waals surface area contributed by atoms with E-state index >= 15 is 0 Å². The lowest BCUT2D eigenvalue weighted by Gasteiger charge is -2.17. The Hall–Kier alpha value is -3.40. The van der Waals surface area contributed by atoms with Gasteiger partial charge < -0.3 is 4.90 Å². The van der Waals surface area contributed by atoms with E-state index < -0.39 is 0 Å². The molecule has 0 bridgehead atoms. The van der Waals surface area contributed by atoms with Crippen LogP contribution >= 0.6 is 0 Å². The summed E-state index contributed by atoms with van der Waals surface area (Å²) in [5, 5.41) is 12.9. The van der Waals surface area contributed by atoms with Gasteiger partial charge in [0.1, 0.15) is 6.54 Å². The highest BCUT2D eigenvalue weighted by atomic mass is 16.2. The number of rotatable bonds is 4. The molecule has 0 saturated heterocycles. The summed E-state index contributed by atoms with van der Waals surface area (Å²) in [6, 6.07) is 14.3. The molecule has 0 radical (unpaired) electrons. The van der Waals surface area contributed by atoms with Crippen molar-refractivity contribution in [1.82, 2.24) is 19.1 Å². The Balaban J connectivity index is 1.72. The van der Waals surface area contributed by atoms with Crippen molar-refractivity contribution in [2.75, 3.05) is 7.05 Å². The molecule has 7 heteroatoms. The lowest BCUT2D eigenvalue weighted by Crippen LogP contribution is -2.33. The molecule has 0 aliphatic carbocycles. The summed E-state index contributed by atoms with van der Waals surface area (Å²) in [6.45, 7) is 0.278. The van der Waals surface area contributed by atoms with Gasteiger partial charge in [0.05, 0.1) is 11.6 Å². The van der Waals surface area contributed by atoms with Crippen LogP contribution in [0.2, 0.25) is 0 Å². The molecule has 0 aliphatic rings. The summed E-state index contributed by atoms with van der Waals surface area (Å²) < 4.78 is 2.56. The van der Waals surface area contributed by atoms with Gasteiger partial charge in [0, 0.05) is 19.8 Å². The minimum Gasteiger partial charge on any atom is -0.340 e. The van der Waals surface area contributed by atoms with Gasteiger partial charge in [0.15, 0.2) is 5.65 Å². The molecule has 3 aromatic rings. The van der Waals surface area contributed by atoms with Crippen LogP contribution in [0.5, 0.6) is 0 Å². The highest BCUT2D eigenvalue weighted by Crippen LogP contribution is 2.06. The molecule has 3 rings (SSSR count). The van der Waals surface area contributed by atoms with Gasteiger partial charge in [-0.15, -0.1) is 5.10 Å². The third-order valence-corrected chi connectivity index (χ3v) is 3.70. The van der Waals surface area contributed by atoms with E-state index in [1.54, 1.807) is 55.7 Å². The zero-order valence-electron chi connectivity index (χ0n) is 13.1. The highest BCUT2D eigenvalue weighted by molar-refractivity contribution is 5.75. The maximum atomic E-state index is 12.3. The summed E-state index contributed by atoms with van der Waals surface area (Å²) in [6.07, 6.45) is 1.62. The fraction of sp³-hybridized carbons (Fsp3) is 0.176. The molecule has 0 unspecified atom stereocenters. The minimum atomic E-state index is -0.342. The van der Waals surface area contributed by atoms with Crippen molar-refractivity contribution in [3.63, 3.8) is 0 Å². The van der Waals surface area contributed by atoms with Crippen LogP contribution in [0.4, 0.5) is 0 Å². The van der Waals surface area contributed by atoms with E-state index in [1.807, 2.05) is 0 Å². The Labute approximate surface area is 138 Å². The van der Waals surface area contributed by atoms with Crippen LogP contribution in [0.15, 0.2) is 53.5 Å². The van der Waals surface area contributed by atoms with Crippen molar-refractivity contribution < 1.29 is 4.79 Å². The van der Waals surface area contributed by atoms with Gasteiger partial charge in [-0.25, -0.2) is 9.48 Å². The van der Waals surface area contributed by atoms with Crippen LogP contribution in [0.1, 0.15) is 11.1 Å². The number of fused-ring (bicyclic) bond motifs is 1. The van der Waals surface area contributed by atoms with Gasteiger partial charge in [-0.3, -0.25) is 9.20 Å². The maximum absolute atomic E-state index is 12.3. The van der Waals surface area contributed by atoms with Crippen LogP contribution in [0.3, 0.4) is 0 Å². The van der Waals surface area contributed by atoms with Crippen LogP contribution < -0.4 is 5.69 Å². The van der Waals surface area contributed by atoms with Crippen molar-refractivity contribution in [2.45, 2.75) is 13.1 Å². The number of likely N-dealkylation sites (N-methyl/N-ethyl adjacent to an activating group) is 1. The first-order valence-electron chi connectivity index (χ1n) is 7.35. The first kappa shape index (κ1) is 15.5. The number of benzene rings is 1. The second-order valence-corrected chi connectivity index (χ2v) is 5.43. The lowest BCUT2D eigenvalue weighted by atomic mass is 10.1. The largest absolute Gasteiger partial charge is 0.350 e. The number of amides is 1. The van der Waals surface area contributed by atoms with Crippen LogP contribution in [0, 0.1) is 11.3 Å². The van der Waals surface area contributed by atoms with E-state index in [4.69, 9.17) is 5.26 Å². The van der Waals surface area contributed by atoms with Crippen molar-refractivity contribution in [2.24, 2.45) is 0 Å². The number of carbonyl (C=O) groups excluding carboxylic acids is 1. The molecule has 1 amide bonds. The number of nitrogens with zero attached hydrogens (tertiary/aromatic N) is 5. The van der Waals surface area contributed by atoms with Gasteiger partial charge in [0.2, 0.25) is 5.91 Å². The summed E-state index contributed by atoms with van der Waals surface area (Å²) >= 11 is 0. The molecule has 0 spiro atoms. The van der Waals surface area contributed by atoms with Crippen molar-refractivity contribution in [1.29, 1.82) is 5.26 Å². The molecule has 0 saturated carbocycles. The second-order valence-electron chi connectivity index (χ2n) is 5.43. The molecule has 0 N–H and O–H groups in total. The van der Waals surface area contributed by atoms with E-state index in [1.165, 1.54) is 9.30 Å². The lowest BCUT2D eigenvalue weighted by molar-refractivity contribution is -0.131. The summed E-state index contributed by atoms with van der Waals surface area (Å²) in [7, 11) is 1.67. The van der Waals surface area contributed by atoms with E-state index in [0.717, 1.165) is 10.2 Å². The Morgan fingerprint density at radius 3 is 2.67 bits per heavy atom. The monoisotopic (exact) mass is 321 g/mol. The average molecular weight is 321 g/mol. The molecule has 120 valence electrons. The molecule has 1 aromatic carbocycles. The Morgan fingerprint density at radius 2 is 2.00 bits per heavy atom. The molecule has 0 aliphatic heterocycles. The predicted octanol–water partition coefficient (Wildman–Crippen LogP) is 1.03. The molecule has 0 atom stereocenters. The van der Waals surface area contributed by atoms with E-state index in [0.29, 0.717) is 17.8 Å². The zero-order valence-corrected chi connectivity index (χ0v) is 13.1. The van der Waals surface area contributed by atoms with Gasteiger partial charge in [-0.05, 0) is 29.8 Å². The van der Waals surface area contributed by atoms with Crippen molar-refractivity contribution in [3.05, 3.63) is 70.3 Å². The van der Waals surface area contributed by atoms with Gasteiger partial charge in [-0.1, -0.05) is 18.2 Å². The number of carbonyl (C=O) groups is 1. The topological polar surface area (TPSA) is 83.4 Å². The van der Waals surface area contributed by atoms with Gasteiger partial charge in [0.25, 0.3) is 0 Å². The number of hydrogen-bond donors (Lipinski definition) is 0. The maximum Gasteiger partial charge on any atom is 0.350 e. The molecular formula is C17H15N5O2. The minimum absolute atomic E-state index is 0.118. The zero-order chi connectivity index (χ0) is 17.1. The van der Waals surface area contributed by atoms with Crippen LogP contribution in [-0.4, -0.2) is 32.0 Å². The Kier molecular flexibility index (Phi) is 4.12. The second kappa shape index (κ2) is 6.38. The first-order valence-corrected chi connectivity index (χ1v) is 7.35. The fourth-order valence-corrected chi connectivity index (χ4v) is 2.37. The number of aromatic nitrogens is 3. The first-order chi connectivity index (χ1) is 11.6. The molecule has 0 fully saturated rings. The Morgan fingerprint density at radius 1 is 1.25 bits per heavy atom. The molecule has 24 heavy (non-hydrogen) atoms. The number of nitriles is 1.